The second kappa shape index (κ2) is 4.18. The minimum Gasteiger partial charge on any atom is -0.377 e. The van der Waals surface area contributed by atoms with Crippen LogP contribution in [0.1, 0.15) is 0 Å². The maximum Gasteiger partial charge on any atom is 0.0448 e. The smallest absolute Gasteiger partial charge is 0.0448 e. The van der Waals surface area contributed by atoms with Crippen molar-refractivity contribution in [3.8, 4) is 11.1 Å². The lowest BCUT2D eigenvalue weighted by Crippen LogP contribution is -2.08. The molecule has 1 radical (unpaired) electrons. The summed E-state index contributed by atoms with van der Waals surface area (Å²) in [6, 6.07) is 19.9. The molecule has 1 nitrogen and oxygen atoms in total. The van der Waals surface area contributed by atoms with Crippen molar-refractivity contribution in [2.24, 2.45) is 0 Å². The fourth-order valence-corrected chi connectivity index (χ4v) is 1.50. The summed E-state index contributed by atoms with van der Waals surface area (Å²) in [6.07, 6.45) is 0. The normalized spacial score (nSPS) is 10.0. The monoisotopic (exact) mass is 196 g/mol. The van der Waals surface area contributed by atoms with Crippen LogP contribution >= 0.6 is 0 Å². The van der Waals surface area contributed by atoms with Crippen LogP contribution in [-0.4, -0.2) is 14.1 Å². The molecule has 0 fully saturated rings. The molecule has 0 N–H and O–H groups in total. The molecular weight excluding hydrogens is 182 g/mol. The van der Waals surface area contributed by atoms with Crippen molar-refractivity contribution in [2.45, 2.75) is 0 Å². The number of rotatable bonds is 2. The van der Waals surface area contributed by atoms with Gasteiger partial charge in [-0.3, -0.25) is 0 Å². The molecule has 0 unspecified atom stereocenters. The molecular formula is C14H14N. The van der Waals surface area contributed by atoms with E-state index in [1.54, 1.807) is 0 Å². The van der Waals surface area contributed by atoms with Crippen LogP contribution in [-0.2, 0) is 0 Å². The van der Waals surface area contributed by atoms with Gasteiger partial charge in [0.1, 0.15) is 0 Å². The number of hydrogen-bond acceptors (Lipinski definition) is 1. The van der Waals surface area contributed by atoms with Gasteiger partial charge < -0.3 is 4.90 Å². The van der Waals surface area contributed by atoms with Crippen LogP contribution < -0.4 is 4.90 Å². The summed E-state index contributed by atoms with van der Waals surface area (Å²) in [6.45, 7) is 0. The summed E-state index contributed by atoms with van der Waals surface area (Å²) in [5.41, 5.74) is 3.46. The van der Waals surface area contributed by atoms with Crippen molar-refractivity contribution in [2.75, 3.05) is 19.0 Å². The van der Waals surface area contributed by atoms with E-state index in [1.807, 2.05) is 32.3 Å². The third kappa shape index (κ3) is 2.18. The average Bonchev–Trinajstić information content (AvgIpc) is 2.30. The Morgan fingerprint density at radius 2 is 1.60 bits per heavy atom. The number of hydrogen-bond donors (Lipinski definition) is 0. The lowest BCUT2D eigenvalue weighted by Gasteiger charge is -2.12. The lowest BCUT2D eigenvalue weighted by atomic mass is 10.1. The third-order valence-corrected chi connectivity index (χ3v) is 2.35. The lowest BCUT2D eigenvalue weighted by molar-refractivity contribution is 1.13. The van der Waals surface area contributed by atoms with Crippen LogP contribution in [0.25, 0.3) is 11.1 Å². The van der Waals surface area contributed by atoms with E-state index in [1.165, 1.54) is 5.56 Å². The van der Waals surface area contributed by atoms with Crippen molar-refractivity contribution in [1.82, 2.24) is 0 Å². The molecule has 0 aliphatic carbocycles. The predicted molar refractivity (Wildman–Crippen MR) is 65.0 cm³/mol. The van der Waals surface area contributed by atoms with E-state index in [9.17, 15) is 0 Å². The van der Waals surface area contributed by atoms with Crippen LogP contribution in [0, 0.1) is 6.07 Å². The summed E-state index contributed by atoms with van der Waals surface area (Å²) in [7, 11) is 4.06. The first-order chi connectivity index (χ1) is 7.27. The Labute approximate surface area is 91.0 Å². The Balaban J connectivity index is 2.42. The molecule has 0 atom stereocenters. The van der Waals surface area contributed by atoms with E-state index in [2.05, 4.69) is 41.3 Å². The standard InChI is InChI=1S/C14H14N/c1-15(2)14-10-6-9-13(11-14)12-7-4-3-5-8-12/h3-10H,1-2H3. The van der Waals surface area contributed by atoms with Crippen molar-refractivity contribution < 1.29 is 0 Å². The zero-order chi connectivity index (χ0) is 10.7. The molecule has 1 heteroatoms. The van der Waals surface area contributed by atoms with Crippen LogP contribution in [0.5, 0.6) is 0 Å². The maximum atomic E-state index is 3.39. The Bertz CT molecular complexity index is 432. The van der Waals surface area contributed by atoms with Gasteiger partial charge in [0.25, 0.3) is 0 Å². The quantitative estimate of drug-likeness (QED) is 0.712. The molecule has 2 aromatic carbocycles. The van der Waals surface area contributed by atoms with Gasteiger partial charge in [-0.25, -0.2) is 0 Å². The van der Waals surface area contributed by atoms with Crippen molar-refractivity contribution in [3.63, 3.8) is 0 Å². The van der Waals surface area contributed by atoms with Gasteiger partial charge in [-0.1, -0.05) is 42.5 Å². The largest absolute Gasteiger partial charge is 0.377 e. The first-order valence-corrected chi connectivity index (χ1v) is 5.02. The fourth-order valence-electron chi connectivity index (χ4n) is 1.50. The van der Waals surface area contributed by atoms with E-state index in [4.69, 9.17) is 0 Å². The van der Waals surface area contributed by atoms with Crippen molar-refractivity contribution >= 4 is 5.69 Å². The van der Waals surface area contributed by atoms with Crippen molar-refractivity contribution in [3.05, 3.63) is 54.6 Å². The van der Waals surface area contributed by atoms with Crippen LogP contribution in [0.4, 0.5) is 5.69 Å². The van der Waals surface area contributed by atoms with Crippen LogP contribution in [0.3, 0.4) is 0 Å². The highest BCUT2D eigenvalue weighted by Gasteiger charge is 1.99. The zero-order valence-corrected chi connectivity index (χ0v) is 9.07. The molecule has 0 amide bonds. The Hall–Kier alpha value is -1.76. The fraction of sp³-hybridized carbons (Fsp3) is 0.143. The molecule has 2 rings (SSSR count). The van der Waals surface area contributed by atoms with E-state index in [0.29, 0.717) is 0 Å². The first kappa shape index (κ1) is 9.78. The average molecular weight is 196 g/mol. The van der Waals surface area contributed by atoms with Gasteiger partial charge in [0.05, 0.1) is 0 Å². The van der Waals surface area contributed by atoms with Gasteiger partial charge in [-0.15, -0.1) is 0 Å². The third-order valence-electron chi connectivity index (χ3n) is 2.35. The van der Waals surface area contributed by atoms with Crippen molar-refractivity contribution in [1.29, 1.82) is 0 Å². The molecule has 0 aliphatic rings. The van der Waals surface area contributed by atoms with E-state index in [-0.39, 0.29) is 0 Å². The summed E-state index contributed by atoms with van der Waals surface area (Å²) in [5, 5.41) is 0. The highest BCUT2D eigenvalue weighted by Crippen LogP contribution is 2.22. The molecule has 0 aromatic heterocycles. The second-order valence-electron chi connectivity index (χ2n) is 3.71. The Morgan fingerprint density at radius 1 is 0.867 bits per heavy atom. The maximum absolute atomic E-state index is 3.39. The first-order valence-electron chi connectivity index (χ1n) is 5.02. The van der Waals surface area contributed by atoms with Gasteiger partial charge >= 0.3 is 0 Å². The van der Waals surface area contributed by atoms with Gasteiger partial charge in [0.15, 0.2) is 0 Å². The molecule has 0 bridgehead atoms. The molecule has 0 saturated heterocycles. The summed E-state index contributed by atoms with van der Waals surface area (Å²) >= 11 is 0. The van der Waals surface area contributed by atoms with Gasteiger partial charge in [-0.2, -0.15) is 0 Å². The number of nitrogens with zero attached hydrogens (tertiary/aromatic N) is 1. The topological polar surface area (TPSA) is 3.24 Å². The van der Waals surface area contributed by atoms with Crippen LogP contribution in [0.2, 0.25) is 0 Å². The highest BCUT2D eigenvalue weighted by molar-refractivity contribution is 5.67. The summed E-state index contributed by atoms with van der Waals surface area (Å²) in [5.74, 6) is 0. The molecule has 2 aromatic rings. The molecule has 0 spiro atoms. The van der Waals surface area contributed by atoms with E-state index in [0.717, 1.165) is 11.3 Å². The summed E-state index contributed by atoms with van der Waals surface area (Å²) < 4.78 is 0. The van der Waals surface area contributed by atoms with Gasteiger partial charge in [0.2, 0.25) is 0 Å². The molecule has 0 aliphatic heterocycles. The SMILES string of the molecule is CN(C)c1[c]c(-c2ccccc2)ccc1. The van der Waals surface area contributed by atoms with E-state index >= 15 is 0 Å². The Morgan fingerprint density at radius 3 is 2.27 bits per heavy atom. The minimum absolute atomic E-state index is 1.11. The Kier molecular flexibility index (Phi) is 2.72. The zero-order valence-electron chi connectivity index (χ0n) is 9.07. The number of benzene rings is 2. The van der Waals surface area contributed by atoms with Crippen LogP contribution in [0.15, 0.2) is 48.5 Å². The summed E-state index contributed by atoms with van der Waals surface area (Å²) in [4.78, 5) is 2.06. The minimum atomic E-state index is 1.11. The van der Waals surface area contributed by atoms with Gasteiger partial charge in [0, 0.05) is 25.8 Å². The second-order valence-corrected chi connectivity index (χ2v) is 3.71. The molecule has 15 heavy (non-hydrogen) atoms. The predicted octanol–water partition coefficient (Wildman–Crippen LogP) is 3.22. The molecule has 0 saturated carbocycles. The molecule has 0 heterocycles. The number of anilines is 1. The van der Waals surface area contributed by atoms with Gasteiger partial charge in [-0.05, 0) is 17.2 Å². The highest BCUT2D eigenvalue weighted by atomic mass is 15.1. The molecule has 75 valence electrons. The van der Waals surface area contributed by atoms with E-state index < -0.39 is 0 Å².